The SMILES string of the molecule is N#CN1CCC(OC2CNC2)C1. The molecule has 0 radical (unpaired) electrons. The van der Waals surface area contributed by atoms with Gasteiger partial charge in [0.05, 0.1) is 18.8 Å². The molecule has 1 atom stereocenters. The lowest BCUT2D eigenvalue weighted by atomic mass is 10.2. The normalized spacial score (nSPS) is 29.9. The lowest BCUT2D eigenvalue weighted by Crippen LogP contribution is -2.50. The molecular weight excluding hydrogens is 154 g/mol. The maximum Gasteiger partial charge on any atom is 0.179 e. The first kappa shape index (κ1) is 7.84. The molecule has 0 bridgehead atoms. The van der Waals surface area contributed by atoms with Gasteiger partial charge >= 0.3 is 0 Å². The molecular formula is C8H13N3O. The van der Waals surface area contributed by atoms with Gasteiger partial charge in [-0.1, -0.05) is 0 Å². The lowest BCUT2D eigenvalue weighted by molar-refractivity contribution is -0.0302. The van der Waals surface area contributed by atoms with E-state index in [4.69, 9.17) is 10.00 Å². The summed E-state index contributed by atoms with van der Waals surface area (Å²) in [5.41, 5.74) is 0. The molecule has 2 aliphatic heterocycles. The molecule has 66 valence electrons. The number of hydrogen-bond donors (Lipinski definition) is 1. The summed E-state index contributed by atoms with van der Waals surface area (Å²) < 4.78 is 5.72. The van der Waals surface area contributed by atoms with Crippen molar-refractivity contribution in [2.75, 3.05) is 26.2 Å². The fraction of sp³-hybridized carbons (Fsp3) is 0.875. The molecule has 0 saturated carbocycles. The fourth-order valence-corrected chi connectivity index (χ4v) is 1.56. The van der Waals surface area contributed by atoms with Crippen molar-refractivity contribution in [3.63, 3.8) is 0 Å². The molecule has 12 heavy (non-hydrogen) atoms. The lowest BCUT2D eigenvalue weighted by Gasteiger charge is -2.29. The van der Waals surface area contributed by atoms with Crippen LogP contribution in [0, 0.1) is 11.5 Å². The average Bonchev–Trinajstić information content (AvgIpc) is 2.44. The smallest absolute Gasteiger partial charge is 0.179 e. The molecule has 4 heteroatoms. The van der Waals surface area contributed by atoms with Gasteiger partial charge < -0.3 is 15.0 Å². The van der Waals surface area contributed by atoms with Crippen LogP contribution in [-0.2, 0) is 4.74 Å². The van der Waals surface area contributed by atoms with Crippen LogP contribution in [0.2, 0.25) is 0 Å². The van der Waals surface area contributed by atoms with E-state index >= 15 is 0 Å². The van der Waals surface area contributed by atoms with Crippen LogP contribution in [0.25, 0.3) is 0 Å². The van der Waals surface area contributed by atoms with E-state index in [0.29, 0.717) is 6.10 Å². The van der Waals surface area contributed by atoms with Crippen molar-refractivity contribution in [2.45, 2.75) is 18.6 Å². The Kier molecular flexibility index (Phi) is 2.15. The Morgan fingerprint density at radius 3 is 2.75 bits per heavy atom. The van der Waals surface area contributed by atoms with Gasteiger partial charge in [0, 0.05) is 19.6 Å². The van der Waals surface area contributed by atoms with E-state index in [1.807, 2.05) is 0 Å². The Morgan fingerprint density at radius 2 is 2.25 bits per heavy atom. The molecule has 0 aromatic carbocycles. The fourth-order valence-electron chi connectivity index (χ4n) is 1.56. The molecule has 1 N–H and O–H groups in total. The highest BCUT2D eigenvalue weighted by Crippen LogP contribution is 2.14. The predicted molar refractivity (Wildman–Crippen MR) is 43.3 cm³/mol. The monoisotopic (exact) mass is 167 g/mol. The number of likely N-dealkylation sites (tertiary alicyclic amines) is 1. The summed E-state index contributed by atoms with van der Waals surface area (Å²) in [6.45, 7) is 3.60. The molecule has 0 aromatic heterocycles. The molecule has 2 saturated heterocycles. The standard InChI is InChI=1S/C8H13N3O/c9-6-11-2-1-7(5-11)12-8-3-10-4-8/h7-8,10H,1-5H2. The number of nitriles is 1. The third kappa shape index (κ3) is 1.52. The van der Waals surface area contributed by atoms with E-state index < -0.39 is 0 Å². The Morgan fingerprint density at radius 1 is 1.42 bits per heavy atom. The minimum absolute atomic E-state index is 0.289. The second kappa shape index (κ2) is 3.30. The largest absolute Gasteiger partial charge is 0.370 e. The van der Waals surface area contributed by atoms with Gasteiger partial charge in [-0.25, -0.2) is 0 Å². The van der Waals surface area contributed by atoms with Gasteiger partial charge in [0.15, 0.2) is 6.19 Å². The van der Waals surface area contributed by atoms with Gasteiger partial charge in [-0.3, -0.25) is 0 Å². The summed E-state index contributed by atoms with van der Waals surface area (Å²) in [6, 6.07) is 0. The predicted octanol–water partition coefficient (Wildman–Crippen LogP) is -0.470. The van der Waals surface area contributed by atoms with Crippen LogP contribution in [-0.4, -0.2) is 43.3 Å². The second-order valence-corrected chi connectivity index (χ2v) is 3.37. The summed E-state index contributed by atoms with van der Waals surface area (Å²) in [4.78, 5) is 1.76. The number of ether oxygens (including phenoxy) is 1. The van der Waals surface area contributed by atoms with Crippen LogP contribution < -0.4 is 5.32 Å². The van der Waals surface area contributed by atoms with E-state index in [2.05, 4.69) is 11.5 Å². The number of hydrogen-bond acceptors (Lipinski definition) is 4. The van der Waals surface area contributed by atoms with Crippen LogP contribution in [0.3, 0.4) is 0 Å². The first-order valence-electron chi connectivity index (χ1n) is 4.39. The zero-order valence-corrected chi connectivity index (χ0v) is 6.99. The molecule has 2 fully saturated rings. The third-order valence-electron chi connectivity index (χ3n) is 2.42. The highest BCUT2D eigenvalue weighted by molar-refractivity contribution is 4.86. The maximum absolute atomic E-state index is 8.60. The summed E-state index contributed by atoms with van der Waals surface area (Å²) in [5, 5.41) is 11.8. The summed E-state index contributed by atoms with van der Waals surface area (Å²) in [6.07, 6.45) is 3.83. The average molecular weight is 167 g/mol. The van der Waals surface area contributed by atoms with Crippen molar-refractivity contribution >= 4 is 0 Å². The summed E-state index contributed by atoms with van der Waals surface area (Å²) in [5.74, 6) is 0. The van der Waals surface area contributed by atoms with Gasteiger partial charge in [0.1, 0.15) is 0 Å². The summed E-state index contributed by atoms with van der Waals surface area (Å²) >= 11 is 0. The minimum atomic E-state index is 0.289. The minimum Gasteiger partial charge on any atom is -0.370 e. The molecule has 2 heterocycles. The number of nitrogens with one attached hydrogen (secondary N) is 1. The Bertz CT molecular complexity index is 197. The van der Waals surface area contributed by atoms with Gasteiger partial charge in [-0.2, -0.15) is 5.26 Å². The van der Waals surface area contributed by atoms with Crippen LogP contribution in [0.5, 0.6) is 0 Å². The maximum atomic E-state index is 8.60. The summed E-state index contributed by atoms with van der Waals surface area (Å²) in [7, 11) is 0. The van der Waals surface area contributed by atoms with Gasteiger partial charge in [-0.15, -0.1) is 0 Å². The van der Waals surface area contributed by atoms with Crippen molar-refractivity contribution in [2.24, 2.45) is 0 Å². The quantitative estimate of drug-likeness (QED) is 0.565. The Balaban J connectivity index is 1.72. The van der Waals surface area contributed by atoms with Crippen molar-refractivity contribution in [3.8, 4) is 6.19 Å². The second-order valence-electron chi connectivity index (χ2n) is 3.37. The Hall–Kier alpha value is -0.790. The van der Waals surface area contributed by atoms with E-state index in [0.717, 1.165) is 32.6 Å². The molecule has 0 spiro atoms. The van der Waals surface area contributed by atoms with Crippen molar-refractivity contribution in [1.82, 2.24) is 10.2 Å². The molecule has 0 aromatic rings. The Labute approximate surface area is 72.1 Å². The first-order valence-corrected chi connectivity index (χ1v) is 4.39. The van der Waals surface area contributed by atoms with E-state index in [1.165, 1.54) is 0 Å². The van der Waals surface area contributed by atoms with Gasteiger partial charge in [0.2, 0.25) is 0 Å². The topological polar surface area (TPSA) is 48.3 Å². The number of nitrogens with zero attached hydrogens (tertiary/aromatic N) is 2. The van der Waals surface area contributed by atoms with Crippen molar-refractivity contribution in [1.29, 1.82) is 5.26 Å². The molecule has 0 aliphatic carbocycles. The van der Waals surface area contributed by atoms with E-state index in [9.17, 15) is 0 Å². The zero-order valence-electron chi connectivity index (χ0n) is 6.99. The van der Waals surface area contributed by atoms with Crippen molar-refractivity contribution < 1.29 is 4.74 Å². The highest BCUT2D eigenvalue weighted by Gasteiger charge is 2.27. The first-order chi connectivity index (χ1) is 5.88. The van der Waals surface area contributed by atoms with E-state index in [1.54, 1.807) is 4.90 Å². The van der Waals surface area contributed by atoms with Crippen LogP contribution in [0.15, 0.2) is 0 Å². The molecule has 2 rings (SSSR count). The van der Waals surface area contributed by atoms with Gasteiger partial charge in [0.25, 0.3) is 0 Å². The molecule has 2 aliphatic rings. The van der Waals surface area contributed by atoms with Crippen LogP contribution >= 0.6 is 0 Å². The molecule has 1 unspecified atom stereocenters. The van der Waals surface area contributed by atoms with Crippen LogP contribution in [0.4, 0.5) is 0 Å². The van der Waals surface area contributed by atoms with Gasteiger partial charge in [-0.05, 0) is 6.42 Å². The van der Waals surface area contributed by atoms with Crippen LogP contribution in [0.1, 0.15) is 6.42 Å². The van der Waals surface area contributed by atoms with E-state index in [-0.39, 0.29) is 6.10 Å². The highest BCUT2D eigenvalue weighted by atomic mass is 16.5. The molecule has 4 nitrogen and oxygen atoms in total. The molecule has 0 amide bonds. The van der Waals surface area contributed by atoms with Crippen molar-refractivity contribution in [3.05, 3.63) is 0 Å². The number of rotatable bonds is 2. The zero-order chi connectivity index (χ0) is 8.39. The third-order valence-corrected chi connectivity index (χ3v) is 2.42.